The smallest absolute Gasteiger partial charge is 0.330 e. The first-order valence-electron chi connectivity index (χ1n) is 4.72. The van der Waals surface area contributed by atoms with Crippen LogP contribution >= 0.6 is 0 Å². The molecule has 1 rings (SSSR count). The van der Waals surface area contributed by atoms with Crippen molar-refractivity contribution in [2.24, 2.45) is 0 Å². The third kappa shape index (κ3) is 3.13. The lowest BCUT2D eigenvalue weighted by Crippen LogP contribution is -1.94. The Labute approximate surface area is 89.8 Å². The highest BCUT2D eigenvalue weighted by molar-refractivity contribution is 5.87. The molecule has 0 amide bonds. The summed E-state index contributed by atoms with van der Waals surface area (Å²) in [6, 6.07) is 5.95. The van der Waals surface area contributed by atoms with Crippen LogP contribution in [0.5, 0.6) is 0 Å². The molecule has 0 spiro atoms. The first kappa shape index (κ1) is 11.3. The van der Waals surface area contributed by atoms with Gasteiger partial charge in [0.25, 0.3) is 0 Å². The zero-order chi connectivity index (χ0) is 11.3. The van der Waals surface area contributed by atoms with Gasteiger partial charge in [-0.25, -0.2) is 4.79 Å². The van der Waals surface area contributed by atoms with Crippen LogP contribution in [0.15, 0.2) is 24.3 Å². The summed E-state index contributed by atoms with van der Waals surface area (Å²) in [7, 11) is 3.24. The molecule has 0 unspecified atom stereocenters. The van der Waals surface area contributed by atoms with Crippen molar-refractivity contribution < 1.29 is 9.53 Å². The van der Waals surface area contributed by atoms with Gasteiger partial charge in [-0.3, -0.25) is 0 Å². The summed E-state index contributed by atoms with van der Waals surface area (Å²) in [5.74, 6) is -0.341. The minimum atomic E-state index is -0.341. The monoisotopic (exact) mass is 205 g/mol. The van der Waals surface area contributed by atoms with E-state index in [2.05, 4.69) is 10.1 Å². The number of esters is 1. The largest absolute Gasteiger partial charge is 0.466 e. The average molecular weight is 205 g/mol. The van der Waals surface area contributed by atoms with Crippen molar-refractivity contribution in [1.82, 2.24) is 0 Å². The number of benzene rings is 1. The summed E-state index contributed by atoms with van der Waals surface area (Å²) < 4.78 is 4.52. The molecule has 1 aromatic rings. The Morgan fingerprint density at radius 1 is 1.47 bits per heavy atom. The van der Waals surface area contributed by atoms with Crippen LogP contribution in [0.4, 0.5) is 5.69 Å². The average Bonchev–Trinajstić information content (AvgIpc) is 2.26. The van der Waals surface area contributed by atoms with E-state index in [1.54, 1.807) is 6.08 Å². The first-order valence-corrected chi connectivity index (χ1v) is 4.72. The number of nitrogens with one attached hydrogen (secondary N) is 1. The highest BCUT2D eigenvalue weighted by atomic mass is 16.5. The molecule has 0 aliphatic heterocycles. The quantitative estimate of drug-likeness (QED) is 0.607. The third-order valence-electron chi connectivity index (χ3n) is 2.16. The predicted molar refractivity (Wildman–Crippen MR) is 61.8 cm³/mol. The molecule has 3 heteroatoms. The number of methoxy groups -OCH3 is 1. The Hall–Kier alpha value is -1.77. The summed E-state index contributed by atoms with van der Waals surface area (Å²) in [5.41, 5.74) is 3.18. The molecule has 0 bridgehead atoms. The molecule has 0 aromatic heterocycles. The molecule has 0 fully saturated rings. The Morgan fingerprint density at radius 3 is 2.73 bits per heavy atom. The molecular formula is C12H15NO2. The molecule has 1 aromatic carbocycles. The molecule has 3 nitrogen and oxygen atoms in total. The van der Waals surface area contributed by atoms with Crippen LogP contribution < -0.4 is 5.32 Å². The van der Waals surface area contributed by atoms with Gasteiger partial charge in [0.05, 0.1) is 7.11 Å². The predicted octanol–water partition coefficient (Wildman–Crippen LogP) is 2.22. The van der Waals surface area contributed by atoms with E-state index >= 15 is 0 Å². The van der Waals surface area contributed by atoms with Gasteiger partial charge in [0.15, 0.2) is 0 Å². The van der Waals surface area contributed by atoms with Crippen molar-refractivity contribution in [3.63, 3.8) is 0 Å². The van der Waals surface area contributed by atoms with Crippen LogP contribution in [0.3, 0.4) is 0 Å². The lowest BCUT2D eigenvalue weighted by molar-refractivity contribution is -0.134. The van der Waals surface area contributed by atoms with Crippen molar-refractivity contribution in [3.05, 3.63) is 35.4 Å². The lowest BCUT2D eigenvalue weighted by Gasteiger charge is -2.04. The maximum Gasteiger partial charge on any atom is 0.330 e. The molecular weight excluding hydrogens is 190 g/mol. The third-order valence-corrected chi connectivity index (χ3v) is 2.16. The molecule has 0 saturated carbocycles. The zero-order valence-electron chi connectivity index (χ0n) is 9.20. The second-order valence-electron chi connectivity index (χ2n) is 3.18. The Balaban J connectivity index is 2.87. The van der Waals surface area contributed by atoms with Gasteiger partial charge in [0.1, 0.15) is 0 Å². The number of hydrogen-bond donors (Lipinski definition) is 1. The van der Waals surface area contributed by atoms with Gasteiger partial charge < -0.3 is 10.1 Å². The molecule has 1 N–H and O–H groups in total. The Bertz CT molecular complexity index is 383. The van der Waals surface area contributed by atoms with E-state index in [0.29, 0.717) is 0 Å². The summed E-state index contributed by atoms with van der Waals surface area (Å²) >= 11 is 0. The van der Waals surface area contributed by atoms with Crippen LogP contribution in [0.2, 0.25) is 0 Å². The zero-order valence-corrected chi connectivity index (χ0v) is 9.20. The van der Waals surface area contributed by atoms with Gasteiger partial charge in [-0.2, -0.15) is 0 Å². The lowest BCUT2D eigenvalue weighted by atomic mass is 10.1. The molecule has 0 aliphatic carbocycles. The highest BCUT2D eigenvalue weighted by Gasteiger charge is 1.97. The molecule has 80 valence electrons. The van der Waals surface area contributed by atoms with Crippen LogP contribution in [0, 0.1) is 6.92 Å². The van der Waals surface area contributed by atoms with Gasteiger partial charge >= 0.3 is 5.97 Å². The number of anilines is 1. The molecule has 0 radical (unpaired) electrons. The number of hydrogen-bond acceptors (Lipinski definition) is 3. The molecule has 0 atom stereocenters. The minimum absolute atomic E-state index is 0.341. The number of aryl methyl sites for hydroxylation is 1. The second kappa shape index (κ2) is 5.20. The van der Waals surface area contributed by atoms with Crippen molar-refractivity contribution in [2.75, 3.05) is 19.5 Å². The first-order chi connectivity index (χ1) is 7.17. The van der Waals surface area contributed by atoms with Crippen molar-refractivity contribution in [2.45, 2.75) is 6.92 Å². The minimum Gasteiger partial charge on any atom is -0.466 e. The molecule has 0 saturated heterocycles. The SMILES string of the molecule is CNc1ccc(C=CC(=O)OC)c(C)c1. The molecule has 0 heterocycles. The van der Waals surface area contributed by atoms with Gasteiger partial charge in [-0.05, 0) is 36.3 Å². The van der Waals surface area contributed by atoms with Crippen LogP contribution in [-0.2, 0) is 9.53 Å². The standard InChI is InChI=1S/C12H15NO2/c1-9-8-11(13-2)6-4-10(9)5-7-12(14)15-3/h4-8,13H,1-3H3. The van der Waals surface area contributed by atoms with Gasteiger partial charge in [0, 0.05) is 18.8 Å². The van der Waals surface area contributed by atoms with E-state index in [0.717, 1.165) is 16.8 Å². The van der Waals surface area contributed by atoms with Gasteiger partial charge in [-0.15, -0.1) is 0 Å². The maximum absolute atomic E-state index is 10.9. The van der Waals surface area contributed by atoms with E-state index in [-0.39, 0.29) is 5.97 Å². The fourth-order valence-corrected chi connectivity index (χ4v) is 1.24. The Kier molecular flexibility index (Phi) is 3.92. The van der Waals surface area contributed by atoms with Crippen molar-refractivity contribution in [3.8, 4) is 0 Å². The number of carbonyl (C=O) groups is 1. The van der Waals surface area contributed by atoms with E-state index in [1.165, 1.54) is 13.2 Å². The van der Waals surface area contributed by atoms with Crippen molar-refractivity contribution in [1.29, 1.82) is 0 Å². The molecule has 15 heavy (non-hydrogen) atoms. The van der Waals surface area contributed by atoms with Crippen LogP contribution in [0.25, 0.3) is 6.08 Å². The number of carbonyl (C=O) groups excluding carboxylic acids is 1. The Morgan fingerprint density at radius 2 is 2.20 bits per heavy atom. The molecule has 0 aliphatic rings. The van der Waals surface area contributed by atoms with E-state index < -0.39 is 0 Å². The van der Waals surface area contributed by atoms with Crippen molar-refractivity contribution >= 4 is 17.7 Å². The number of ether oxygens (including phenoxy) is 1. The van der Waals surface area contributed by atoms with Crippen LogP contribution in [-0.4, -0.2) is 20.1 Å². The summed E-state index contributed by atoms with van der Waals surface area (Å²) in [6.07, 6.45) is 3.17. The fraction of sp³-hybridized carbons (Fsp3) is 0.250. The van der Waals surface area contributed by atoms with Crippen LogP contribution in [0.1, 0.15) is 11.1 Å². The normalized spacial score (nSPS) is 10.3. The highest BCUT2D eigenvalue weighted by Crippen LogP contribution is 2.15. The maximum atomic E-state index is 10.9. The fourth-order valence-electron chi connectivity index (χ4n) is 1.24. The summed E-state index contributed by atoms with van der Waals surface area (Å²) in [6.45, 7) is 2.00. The summed E-state index contributed by atoms with van der Waals surface area (Å²) in [5, 5.41) is 3.06. The number of rotatable bonds is 3. The second-order valence-corrected chi connectivity index (χ2v) is 3.18. The van der Waals surface area contributed by atoms with E-state index in [4.69, 9.17) is 0 Å². The summed E-state index contributed by atoms with van der Waals surface area (Å²) in [4.78, 5) is 10.9. The topological polar surface area (TPSA) is 38.3 Å². The van der Waals surface area contributed by atoms with E-state index in [1.807, 2.05) is 32.2 Å². The van der Waals surface area contributed by atoms with Gasteiger partial charge in [0.2, 0.25) is 0 Å². The van der Waals surface area contributed by atoms with E-state index in [9.17, 15) is 4.79 Å². The van der Waals surface area contributed by atoms with Gasteiger partial charge in [-0.1, -0.05) is 6.07 Å².